The van der Waals surface area contributed by atoms with Crippen molar-refractivity contribution in [3.63, 3.8) is 0 Å². The Morgan fingerprint density at radius 1 is 0.867 bits per heavy atom. The fraction of sp³-hybridized carbons (Fsp3) is 1.00. The van der Waals surface area contributed by atoms with Gasteiger partial charge in [0.15, 0.2) is 0 Å². The van der Waals surface area contributed by atoms with Crippen molar-refractivity contribution >= 4 is 0 Å². The summed E-state index contributed by atoms with van der Waals surface area (Å²) in [7, 11) is 0. The Morgan fingerprint density at radius 3 is 1.80 bits per heavy atom. The van der Waals surface area contributed by atoms with Gasteiger partial charge in [-0.2, -0.15) is 0 Å². The third kappa shape index (κ3) is 3.50. The summed E-state index contributed by atoms with van der Waals surface area (Å²) in [5.74, 6) is 4.83. The summed E-state index contributed by atoms with van der Waals surface area (Å²) in [5, 5.41) is 0. The molecule has 1 saturated carbocycles. The molecule has 0 amide bonds. The van der Waals surface area contributed by atoms with Crippen LogP contribution in [-0.4, -0.2) is 0 Å². The fourth-order valence-corrected chi connectivity index (χ4v) is 3.52. The van der Waals surface area contributed by atoms with E-state index in [1.807, 2.05) is 13.8 Å². The van der Waals surface area contributed by atoms with Crippen molar-refractivity contribution in [3.05, 3.63) is 0 Å². The van der Waals surface area contributed by atoms with Gasteiger partial charge in [0.05, 0.1) is 0 Å². The largest absolute Gasteiger partial charge is 0.0683 e. The molecule has 5 atom stereocenters. The third-order valence-electron chi connectivity index (χ3n) is 4.65. The Balaban J connectivity index is 0.000000921. The van der Waals surface area contributed by atoms with E-state index in [2.05, 4.69) is 34.6 Å². The first-order valence-electron chi connectivity index (χ1n) is 7.11. The smallest absolute Gasteiger partial charge is 0.0363 e. The first-order chi connectivity index (χ1) is 7.11. The summed E-state index contributed by atoms with van der Waals surface area (Å²) in [4.78, 5) is 0. The van der Waals surface area contributed by atoms with Crippen molar-refractivity contribution in [1.29, 1.82) is 0 Å². The van der Waals surface area contributed by atoms with E-state index in [4.69, 9.17) is 0 Å². The predicted octanol–water partition coefficient (Wildman–Crippen LogP) is 5.38. The van der Waals surface area contributed by atoms with Crippen LogP contribution in [-0.2, 0) is 0 Å². The van der Waals surface area contributed by atoms with Crippen LogP contribution >= 0.6 is 0 Å². The highest BCUT2D eigenvalue weighted by Crippen LogP contribution is 2.44. The molecule has 0 radical (unpaired) electrons. The topological polar surface area (TPSA) is 0 Å². The SMILES string of the molecule is CC.CCC1CC(C)C(CC)C(C)C1C. The first-order valence-corrected chi connectivity index (χ1v) is 7.11. The van der Waals surface area contributed by atoms with Gasteiger partial charge in [0, 0.05) is 0 Å². The van der Waals surface area contributed by atoms with Gasteiger partial charge in [-0.15, -0.1) is 0 Å². The highest BCUT2D eigenvalue weighted by atomic mass is 14.4. The second-order valence-corrected chi connectivity index (χ2v) is 5.17. The second kappa shape index (κ2) is 7.30. The van der Waals surface area contributed by atoms with Crippen molar-refractivity contribution in [2.24, 2.45) is 29.6 Å². The van der Waals surface area contributed by atoms with E-state index in [0.29, 0.717) is 0 Å². The molecule has 1 aliphatic carbocycles. The highest BCUT2D eigenvalue weighted by molar-refractivity contribution is 4.85. The van der Waals surface area contributed by atoms with Crippen molar-refractivity contribution in [3.8, 4) is 0 Å². The van der Waals surface area contributed by atoms with Crippen LogP contribution in [0.4, 0.5) is 0 Å². The van der Waals surface area contributed by atoms with Crippen molar-refractivity contribution in [2.75, 3.05) is 0 Å². The molecule has 0 aromatic heterocycles. The zero-order valence-electron chi connectivity index (χ0n) is 12.0. The summed E-state index contributed by atoms with van der Waals surface area (Å²) in [6, 6.07) is 0. The lowest BCUT2D eigenvalue weighted by Crippen LogP contribution is -2.35. The van der Waals surface area contributed by atoms with E-state index >= 15 is 0 Å². The van der Waals surface area contributed by atoms with Crippen LogP contribution in [0.2, 0.25) is 0 Å². The average Bonchev–Trinajstić information content (AvgIpc) is 2.27. The van der Waals surface area contributed by atoms with E-state index in [9.17, 15) is 0 Å². The average molecular weight is 212 g/mol. The Kier molecular flexibility index (Phi) is 7.30. The van der Waals surface area contributed by atoms with Gasteiger partial charge >= 0.3 is 0 Å². The maximum Gasteiger partial charge on any atom is -0.0363 e. The molecule has 0 saturated heterocycles. The minimum atomic E-state index is 0.943. The summed E-state index contributed by atoms with van der Waals surface area (Å²) in [5.41, 5.74) is 0. The summed E-state index contributed by atoms with van der Waals surface area (Å²) in [6.45, 7) is 16.1. The van der Waals surface area contributed by atoms with E-state index < -0.39 is 0 Å². The normalized spacial score (nSPS) is 40.6. The standard InChI is InChI=1S/C13H26.C2H6/c1-6-12-8-9(3)13(7-2)11(5)10(12)4;1-2/h9-13H,6-8H2,1-5H3;1-2H3. The van der Waals surface area contributed by atoms with Crippen LogP contribution in [0.1, 0.15) is 67.7 Å². The quantitative estimate of drug-likeness (QED) is 0.576. The van der Waals surface area contributed by atoms with Gasteiger partial charge in [0.2, 0.25) is 0 Å². The van der Waals surface area contributed by atoms with E-state index in [1.165, 1.54) is 19.3 Å². The van der Waals surface area contributed by atoms with Gasteiger partial charge in [0.25, 0.3) is 0 Å². The number of hydrogen-bond donors (Lipinski definition) is 0. The highest BCUT2D eigenvalue weighted by Gasteiger charge is 2.36. The molecule has 0 bridgehead atoms. The van der Waals surface area contributed by atoms with E-state index in [-0.39, 0.29) is 0 Å². The molecular weight excluding hydrogens is 180 g/mol. The monoisotopic (exact) mass is 212 g/mol. The first kappa shape index (κ1) is 15.0. The van der Waals surface area contributed by atoms with Crippen LogP contribution in [0, 0.1) is 29.6 Å². The lowest BCUT2D eigenvalue weighted by molar-refractivity contribution is 0.0604. The molecule has 0 heteroatoms. The molecule has 1 aliphatic rings. The van der Waals surface area contributed by atoms with Crippen LogP contribution in [0.25, 0.3) is 0 Å². The lowest BCUT2D eigenvalue weighted by Gasteiger charge is -2.43. The molecule has 0 aromatic carbocycles. The van der Waals surface area contributed by atoms with E-state index in [1.54, 1.807) is 0 Å². The third-order valence-corrected chi connectivity index (χ3v) is 4.65. The molecule has 5 unspecified atom stereocenters. The van der Waals surface area contributed by atoms with Gasteiger partial charge in [-0.3, -0.25) is 0 Å². The second-order valence-electron chi connectivity index (χ2n) is 5.17. The minimum Gasteiger partial charge on any atom is -0.0683 e. The number of hydrogen-bond acceptors (Lipinski definition) is 0. The Bertz CT molecular complexity index is 150. The molecule has 0 aliphatic heterocycles. The summed E-state index contributed by atoms with van der Waals surface area (Å²) in [6.07, 6.45) is 4.23. The molecule has 1 fully saturated rings. The van der Waals surface area contributed by atoms with Crippen molar-refractivity contribution < 1.29 is 0 Å². The van der Waals surface area contributed by atoms with E-state index in [0.717, 1.165) is 29.6 Å². The van der Waals surface area contributed by atoms with Gasteiger partial charge in [-0.05, 0) is 36.0 Å². The lowest BCUT2D eigenvalue weighted by atomic mass is 9.62. The van der Waals surface area contributed by atoms with Gasteiger partial charge < -0.3 is 0 Å². The van der Waals surface area contributed by atoms with Crippen LogP contribution in [0.3, 0.4) is 0 Å². The maximum absolute atomic E-state index is 2.47. The van der Waals surface area contributed by atoms with Gasteiger partial charge in [-0.25, -0.2) is 0 Å². The van der Waals surface area contributed by atoms with Crippen molar-refractivity contribution in [1.82, 2.24) is 0 Å². The molecule has 0 heterocycles. The molecular formula is C15H32. The number of rotatable bonds is 2. The van der Waals surface area contributed by atoms with Crippen LogP contribution < -0.4 is 0 Å². The Labute approximate surface area is 97.8 Å². The minimum absolute atomic E-state index is 0.943. The molecule has 0 aromatic rings. The van der Waals surface area contributed by atoms with Crippen molar-refractivity contribution in [2.45, 2.75) is 67.7 Å². The summed E-state index contributed by atoms with van der Waals surface area (Å²) >= 11 is 0. The molecule has 0 N–H and O–H groups in total. The molecule has 1 rings (SSSR count). The molecule has 0 nitrogen and oxygen atoms in total. The maximum atomic E-state index is 2.47. The fourth-order valence-electron chi connectivity index (χ4n) is 3.52. The summed E-state index contributed by atoms with van der Waals surface area (Å²) < 4.78 is 0. The van der Waals surface area contributed by atoms with Crippen LogP contribution in [0.15, 0.2) is 0 Å². The molecule has 92 valence electrons. The predicted molar refractivity (Wildman–Crippen MR) is 71.0 cm³/mol. The Morgan fingerprint density at radius 2 is 1.40 bits per heavy atom. The molecule has 0 spiro atoms. The zero-order valence-corrected chi connectivity index (χ0v) is 12.0. The van der Waals surface area contributed by atoms with Crippen LogP contribution in [0.5, 0.6) is 0 Å². The van der Waals surface area contributed by atoms with Gasteiger partial charge in [0.1, 0.15) is 0 Å². The zero-order chi connectivity index (χ0) is 12.0. The Hall–Kier alpha value is 0. The molecule has 15 heavy (non-hydrogen) atoms. The van der Waals surface area contributed by atoms with Gasteiger partial charge in [-0.1, -0.05) is 61.3 Å².